The van der Waals surface area contributed by atoms with Gasteiger partial charge in [0.2, 0.25) is 11.8 Å². The van der Waals surface area contributed by atoms with Gasteiger partial charge in [0.15, 0.2) is 0 Å². The highest BCUT2D eigenvalue weighted by molar-refractivity contribution is 9.10. The van der Waals surface area contributed by atoms with Crippen LogP contribution in [0.15, 0.2) is 112 Å². The van der Waals surface area contributed by atoms with Crippen molar-refractivity contribution in [2.75, 3.05) is 17.4 Å². The van der Waals surface area contributed by atoms with E-state index >= 15 is 0 Å². The number of likely N-dealkylation sites (N-methyl/N-ethyl adjacent to an activating group) is 1. The van der Waals surface area contributed by atoms with E-state index in [2.05, 4.69) is 21.2 Å². The molecule has 4 rings (SSSR count). The van der Waals surface area contributed by atoms with Crippen LogP contribution in [0.3, 0.4) is 0 Å². The Bertz CT molecular complexity index is 1650. The van der Waals surface area contributed by atoms with Gasteiger partial charge in [0.1, 0.15) is 12.6 Å². The zero-order valence-corrected chi connectivity index (χ0v) is 26.9. The second-order valence-corrected chi connectivity index (χ2v) is 13.1. The van der Waals surface area contributed by atoms with E-state index in [9.17, 15) is 18.0 Å². The van der Waals surface area contributed by atoms with Crippen molar-refractivity contribution >= 4 is 43.5 Å². The molecule has 0 saturated heterocycles. The van der Waals surface area contributed by atoms with Crippen molar-refractivity contribution in [2.45, 2.75) is 44.7 Å². The second kappa shape index (κ2) is 14.5. The first-order valence-electron chi connectivity index (χ1n) is 14.1. The Morgan fingerprint density at radius 1 is 0.837 bits per heavy atom. The van der Waals surface area contributed by atoms with Gasteiger partial charge in [-0.3, -0.25) is 13.9 Å². The Morgan fingerprint density at radius 2 is 1.47 bits per heavy atom. The molecular formula is C34H36BrN3O4S. The predicted octanol–water partition coefficient (Wildman–Crippen LogP) is 6.04. The molecule has 0 aliphatic rings. The monoisotopic (exact) mass is 661 g/mol. The molecule has 0 aromatic heterocycles. The number of carbonyl (C=O) groups is 2. The van der Waals surface area contributed by atoms with E-state index in [4.69, 9.17) is 0 Å². The van der Waals surface area contributed by atoms with Crippen LogP contribution in [0.2, 0.25) is 0 Å². The van der Waals surface area contributed by atoms with Gasteiger partial charge in [-0.15, -0.1) is 0 Å². The Kier molecular flexibility index (Phi) is 10.8. The van der Waals surface area contributed by atoms with Crippen molar-refractivity contribution in [2.24, 2.45) is 0 Å². The lowest BCUT2D eigenvalue weighted by atomic mass is 10.0. The largest absolute Gasteiger partial charge is 0.355 e. The van der Waals surface area contributed by atoms with Crippen molar-refractivity contribution in [3.05, 3.63) is 130 Å². The molecule has 0 radical (unpaired) electrons. The molecule has 0 aliphatic carbocycles. The number of sulfonamides is 1. The number of benzene rings is 4. The van der Waals surface area contributed by atoms with E-state index < -0.39 is 28.5 Å². The third-order valence-electron chi connectivity index (χ3n) is 7.12. The van der Waals surface area contributed by atoms with E-state index in [0.717, 1.165) is 31.0 Å². The average molecular weight is 663 g/mol. The normalized spacial score (nSPS) is 11.9. The molecular weight excluding hydrogens is 626 g/mol. The molecule has 0 spiro atoms. The summed E-state index contributed by atoms with van der Waals surface area (Å²) in [7, 11) is -4.13. The topological polar surface area (TPSA) is 86.8 Å². The summed E-state index contributed by atoms with van der Waals surface area (Å²) in [5.74, 6) is -0.796. The summed E-state index contributed by atoms with van der Waals surface area (Å²) >= 11 is 3.45. The van der Waals surface area contributed by atoms with Crippen LogP contribution in [0.5, 0.6) is 0 Å². The number of nitrogens with one attached hydrogen (secondary N) is 1. The molecule has 4 aromatic carbocycles. The highest BCUT2D eigenvalue weighted by Crippen LogP contribution is 2.28. The van der Waals surface area contributed by atoms with Crippen LogP contribution in [0.25, 0.3) is 0 Å². The first-order chi connectivity index (χ1) is 20.6. The van der Waals surface area contributed by atoms with Gasteiger partial charge in [0, 0.05) is 24.0 Å². The highest BCUT2D eigenvalue weighted by Gasteiger charge is 2.34. The third kappa shape index (κ3) is 8.12. The number of halogens is 1. The lowest BCUT2D eigenvalue weighted by Crippen LogP contribution is -2.53. The minimum absolute atomic E-state index is 0.0757. The quantitative estimate of drug-likeness (QED) is 0.201. The van der Waals surface area contributed by atoms with Gasteiger partial charge in [0.05, 0.1) is 10.6 Å². The van der Waals surface area contributed by atoms with Gasteiger partial charge < -0.3 is 10.2 Å². The minimum atomic E-state index is -4.13. The average Bonchev–Trinajstić information content (AvgIpc) is 3.00. The first kappa shape index (κ1) is 32.0. The van der Waals surface area contributed by atoms with Crippen molar-refractivity contribution in [1.29, 1.82) is 0 Å². The van der Waals surface area contributed by atoms with Crippen molar-refractivity contribution in [3.8, 4) is 0 Å². The van der Waals surface area contributed by atoms with Gasteiger partial charge in [0.25, 0.3) is 10.0 Å². The van der Waals surface area contributed by atoms with E-state index in [-0.39, 0.29) is 23.8 Å². The number of rotatable bonds is 12. The number of nitrogens with zero attached hydrogens (tertiary/aromatic N) is 2. The summed E-state index contributed by atoms with van der Waals surface area (Å²) in [6.07, 6.45) is 0.268. The molecule has 0 saturated carbocycles. The Hall–Kier alpha value is -3.95. The lowest BCUT2D eigenvalue weighted by molar-refractivity contribution is -0.140. The Labute approximate surface area is 262 Å². The zero-order chi connectivity index (χ0) is 31.0. The fourth-order valence-corrected chi connectivity index (χ4v) is 6.71. The number of hydrogen-bond donors (Lipinski definition) is 1. The summed E-state index contributed by atoms with van der Waals surface area (Å²) in [4.78, 5) is 29.6. The fraction of sp³-hybridized carbons (Fsp3) is 0.235. The smallest absolute Gasteiger partial charge is 0.264 e. The molecule has 0 heterocycles. The van der Waals surface area contributed by atoms with E-state index in [0.29, 0.717) is 12.2 Å². The standard InChI is InChI=1S/C34H36BrN3O4S/c1-4-36-34(40)32(22-27-11-7-5-8-12-27)37(23-28-16-18-29(35)19-17-28)33(39)24-38(31-20-15-25(2)21-26(31)3)43(41,42)30-13-9-6-10-14-30/h5-21,32H,4,22-24H2,1-3H3,(H,36,40)/t32-/m0/s1. The second-order valence-electron chi connectivity index (χ2n) is 10.4. The third-order valence-corrected chi connectivity index (χ3v) is 9.42. The fourth-order valence-electron chi connectivity index (χ4n) is 4.95. The highest BCUT2D eigenvalue weighted by atomic mass is 79.9. The van der Waals surface area contributed by atoms with Crippen LogP contribution >= 0.6 is 15.9 Å². The lowest BCUT2D eigenvalue weighted by Gasteiger charge is -2.34. The molecule has 1 N–H and O–H groups in total. The van der Waals surface area contributed by atoms with Crippen LogP contribution in [0, 0.1) is 13.8 Å². The Balaban J connectivity index is 1.81. The van der Waals surface area contributed by atoms with Gasteiger partial charge in [-0.1, -0.05) is 94.3 Å². The molecule has 0 fully saturated rings. The molecule has 9 heteroatoms. The zero-order valence-electron chi connectivity index (χ0n) is 24.5. The Morgan fingerprint density at radius 3 is 2.07 bits per heavy atom. The maximum absolute atomic E-state index is 14.4. The van der Waals surface area contributed by atoms with Crippen molar-refractivity contribution in [1.82, 2.24) is 10.2 Å². The molecule has 4 aromatic rings. The van der Waals surface area contributed by atoms with Crippen molar-refractivity contribution in [3.63, 3.8) is 0 Å². The molecule has 43 heavy (non-hydrogen) atoms. The minimum Gasteiger partial charge on any atom is -0.355 e. The van der Waals surface area contributed by atoms with Gasteiger partial charge in [-0.05, 0) is 67.8 Å². The van der Waals surface area contributed by atoms with Crippen LogP contribution < -0.4 is 9.62 Å². The molecule has 0 bridgehead atoms. The summed E-state index contributed by atoms with van der Waals surface area (Å²) < 4.78 is 30.2. The number of hydrogen-bond acceptors (Lipinski definition) is 4. The van der Waals surface area contributed by atoms with Crippen LogP contribution in [-0.4, -0.2) is 44.3 Å². The maximum Gasteiger partial charge on any atom is 0.264 e. The van der Waals surface area contributed by atoms with Crippen LogP contribution in [0.1, 0.15) is 29.2 Å². The number of carbonyl (C=O) groups excluding carboxylic acids is 2. The van der Waals surface area contributed by atoms with Crippen LogP contribution in [-0.2, 0) is 32.6 Å². The number of anilines is 1. The summed E-state index contributed by atoms with van der Waals surface area (Å²) in [5.41, 5.74) is 3.79. The molecule has 0 aliphatic heterocycles. The molecule has 224 valence electrons. The summed E-state index contributed by atoms with van der Waals surface area (Å²) in [6, 6.07) is 29.6. The number of aryl methyl sites for hydroxylation is 2. The summed E-state index contributed by atoms with van der Waals surface area (Å²) in [6.45, 7) is 5.61. The molecule has 1 atom stereocenters. The summed E-state index contributed by atoms with van der Waals surface area (Å²) in [5, 5.41) is 2.88. The van der Waals surface area contributed by atoms with E-state index in [1.54, 1.807) is 24.3 Å². The van der Waals surface area contributed by atoms with Gasteiger partial charge in [-0.25, -0.2) is 8.42 Å². The SMILES string of the molecule is CCNC(=O)[C@H](Cc1ccccc1)N(Cc1ccc(Br)cc1)C(=O)CN(c1ccc(C)cc1C)S(=O)(=O)c1ccccc1. The maximum atomic E-state index is 14.4. The number of amides is 2. The van der Waals surface area contributed by atoms with Gasteiger partial charge >= 0.3 is 0 Å². The molecule has 7 nitrogen and oxygen atoms in total. The van der Waals surface area contributed by atoms with E-state index in [1.807, 2.05) is 87.5 Å². The van der Waals surface area contributed by atoms with Gasteiger partial charge in [-0.2, -0.15) is 0 Å². The molecule has 2 amide bonds. The first-order valence-corrected chi connectivity index (χ1v) is 16.3. The predicted molar refractivity (Wildman–Crippen MR) is 174 cm³/mol. The van der Waals surface area contributed by atoms with E-state index in [1.165, 1.54) is 17.0 Å². The van der Waals surface area contributed by atoms with Crippen molar-refractivity contribution < 1.29 is 18.0 Å². The molecule has 0 unspecified atom stereocenters. The van der Waals surface area contributed by atoms with Crippen LogP contribution in [0.4, 0.5) is 5.69 Å².